The average molecular weight is 275 g/mol. The number of para-hydroxylation sites is 2. The molecule has 0 aliphatic heterocycles. The molecular formula is C18H17N3. The van der Waals surface area contributed by atoms with Crippen LogP contribution < -0.4 is 5.43 Å². The average Bonchev–Trinajstić information content (AvgIpc) is 2.87. The van der Waals surface area contributed by atoms with Gasteiger partial charge in [-0.25, -0.2) is 0 Å². The van der Waals surface area contributed by atoms with Crippen molar-refractivity contribution in [3.8, 4) is 0 Å². The van der Waals surface area contributed by atoms with E-state index in [1.165, 1.54) is 10.9 Å². The van der Waals surface area contributed by atoms with Crippen molar-refractivity contribution in [1.82, 2.24) is 4.57 Å². The van der Waals surface area contributed by atoms with E-state index in [9.17, 15) is 0 Å². The number of nitrogens with one attached hydrogen (secondary N) is 1. The molecule has 1 heterocycles. The van der Waals surface area contributed by atoms with Crippen LogP contribution in [0.25, 0.3) is 10.9 Å². The van der Waals surface area contributed by atoms with E-state index in [0.29, 0.717) is 0 Å². The van der Waals surface area contributed by atoms with Gasteiger partial charge in [0, 0.05) is 29.2 Å². The molecule has 0 bridgehead atoms. The highest BCUT2D eigenvalue weighted by Gasteiger charge is 2.04. The zero-order chi connectivity index (χ0) is 14.5. The van der Waals surface area contributed by atoms with E-state index in [1.807, 2.05) is 54.8 Å². The zero-order valence-electron chi connectivity index (χ0n) is 11.7. The van der Waals surface area contributed by atoms with Crippen molar-refractivity contribution in [2.45, 2.75) is 6.54 Å². The van der Waals surface area contributed by atoms with Crippen LogP contribution in [-0.2, 0) is 6.54 Å². The van der Waals surface area contributed by atoms with Crippen LogP contribution in [0.2, 0.25) is 0 Å². The number of fused-ring (bicyclic) bond motifs is 1. The normalized spacial score (nSPS) is 11.0. The summed E-state index contributed by atoms with van der Waals surface area (Å²) in [7, 11) is 0. The van der Waals surface area contributed by atoms with Gasteiger partial charge in [0.15, 0.2) is 0 Å². The van der Waals surface area contributed by atoms with Gasteiger partial charge < -0.3 is 4.57 Å². The van der Waals surface area contributed by atoms with Gasteiger partial charge in [-0.3, -0.25) is 5.43 Å². The summed E-state index contributed by atoms with van der Waals surface area (Å²) in [5, 5.41) is 5.51. The summed E-state index contributed by atoms with van der Waals surface area (Å²) in [6.07, 6.45) is 5.85. The number of hydrazone groups is 1. The quantitative estimate of drug-likeness (QED) is 0.420. The third kappa shape index (κ3) is 2.87. The molecule has 0 aliphatic rings. The molecule has 0 radical (unpaired) electrons. The number of nitrogens with zero attached hydrogens (tertiary/aromatic N) is 2. The maximum absolute atomic E-state index is 4.32. The van der Waals surface area contributed by atoms with E-state index in [-0.39, 0.29) is 0 Å². The van der Waals surface area contributed by atoms with Crippen LogP contribution in [0.15, 0.2) is 78.6 Å². The van der Waals surface area contributed by atoms with Crippen molar-refractivity contribution in [3.05, 3.63) is 79.0 Å². The van der Waals surface area contributed by atoms with E-state index in [2.05, 4.69) is 40.0 Å². The first-order chi connectivity index (χ1) is 10.4. The molecule has 1 aromatic heterocycles. The van der Waals surface area contributed by atoms with Crippen LogP contribution in [0.4, 0.5) is 5.69 Å². The third-order valence-electron chi connectivity index (χ3n) is 3.32. The first kappa shape index (κ1) is 13.2. The molecular weight excluding hydrogens is 258 g/mol. The fourth-order valence-electron chi connectivity index (χ4n) is 2.36. The Morgan fingerprint density at radius 1 is 1.05 bits per heavy atom. The minimum atomic E-state index is 0.792. The first-order valence-corrected chi connectivity index (χ1v) is 6.91. The molecule has 2 aromatic carbocycles. The van der Waals surface area contributed by atoms with E-state index >= 15 is 0 Å². The molecule has 0 spiro atoms. The summed E-state index contributed by atoms with van der Waals surface area (Å²) >= 11 is 0. The molecule has 0 amide bonds. The van der Waals surface area contributed by atoms with Gasteiger partial charge in [-0.15, -0.1) is 6.58 Å². The van der Waals surface area contributed by atoms with Crippen molar-refractivity contribution in [2.75, 3.05) is 5.43 Å². The third-order valence-corrected chi connectivity index (χ3v) is 3.32. The molecule has 3 rings (SSSR count). The lowest BCUT2D eigenvalue weighted by molar-refractivity contribution is 0.865. The Morgan fingerprint density at radius 3 is 2.62 bits per heavy atom. The van der Waals surface area contributed by atoms with Crippen LogP contribution in [-0.4, -0.2) is 10.8 Å². The summed E-state index contributed by atoms with van der Waals surface area (Å²) in [5.74, 6) is 0. The summed E-state index contributed by atoms with van der Waals surface area (Å²) in [6, 6.07) is 18.2. The summed E-state index contributed by atoms with van der Waals surface area (Å²) in [4.78, 5) is 0. The van der Waals surface area contributed by atoms with Gasteiger partial charge in [0.1, 0.15) is 0 Å². The molecule has 0 atom stereocenters. The lowest BCUT2D eigenvalue weighted by Gasteiger charge is -1.98. The molecule has 3 nitrogen and oxygen atoms in total. The fourth-order valence-corrected chi connectivity index (χ4v) is 2.36. The summed E-state index contributed by atoms with van der Waals surface area (Å²) in [6.45, 7) is 4.60. The topological polar surface area (TPSA) is 29.3 Å². The second kappa shape index (κ2) is 6.09. The monoisotopic (exact) mass is 275 g/mol. The Morgan fingerprint density at radius 2 is 1.81 bits per heavy atom. The Balaban J connectivity index is 1.88. The molecule has 0 aliphatic carbocycles. The van der Waals surface area contributed by atoms with Crippen LogP contribution in [0.3, 0.4) is 0 Å². The minimum absolute atomic E-state index is 0.792. The molecule has 21 heavy (non-hydrogen) atoms. The Labute approximate surface area is 124 Å². The second-order valence-electron chi connectivity index (χ2n) is 4.78. The number of anilines is 1. The maximum atomic E-state index is 4.32. The maximum Gasteiger partial charge on any atom is 0.0566 e. The standard InChI is InChI=1S/C18H17N3/c1-2-12-21-14-15(17-10-6-7-11-18(17)21)13-19-20-16-8-4-3-5-9-16/h2-11,13-14,20H,1,12H2/b19-13-. The van der Waals surface area contributed by atoms with Crippen molar-refractivity contribution in [2.24, 2.45) is 5.10 Å². The van der Waals surface area contributed by atoms with Crippen LogP contribution in [0.5, 0.6) is 0 Å². The first-order valence-electron chi connectivity index (χ1n) is 6.91. The Hall–Kier alpha value is -2.81. The van der Waals surface area contributed by atoms with Gasteiger partial charge in [-0.2, -0.15) is 5.10 Å². The molecule has 1 N–H and O–H groups in total. The lowest BCUT2D eigenvalue weighted by atomic mass is 10.2. The molecule has 0 fully saturated rings. The smallest absolute Gasteiger partial charge is 0.0566 e. The molecule has 3 aromatic rings. The van der Waals surface area contributed by atoms with Gasteiger partial charge in [-0.05, 0) is 18.2 Å². The van der Waals surface area contributed by atoms with Gasteiger partial charge in [-0.1, -0.05) is 42.5 Å². The second-order valence-corrected chi connectivity index (χ2v) is 4.78. The molecule has 0 unspecified atom stereocenters. The van der Waals surface area contributed by atoms with Gasteiger partial charge in [0.05, 0.1) is 11.9 Å². The number of rotatable bonds is 5. The molecule has 0 saturated heterocycles. The SMILES string of the molecule is C=CCn1cc(/C=N\Nc2ccccc2)c2ccccc21. The highest BCUT2D eigenvalue weighted by Crippen LogP contribution is 2.20. The molecule has 104 valence electrons. The number of benzene rings is 2. The number of allylic oxidation sites excluding steroid dienone is 1. The molecule has 3 heteroatoms. The number of hydrogen-bond donors (Lipinski definition) is 1. The van der Waals surface area contributed by atoms with E-state index in [0.717, 1.165) is 17.8 Å². The van der Waals surface area contributed by atoms with Gasteiger partial charge in [0.25, 0.3) is 0 Å². The number of aromatic nitrogens is 1. The largest absolute Gasteiger partial charge is 0.343 e. The van der Waals surface area contributed by atoms with E-state index in [1.54, 1.807) is 0 Å². The van der Waals surface area contributed by atoms with Gasteiger partial charge >= 0.3 is 0 Å². The highest BCUT2D eigenvalue weighted by atomic mass is 15.3. The Bertz CT molecular complexity index is 770. The zero-order valence-corrected chi connectivity index (χ0v) is 11.7. The lowest BCUT2D eigenvalue weighted by Crippen LogP contribution is -1.91. The van der Waals surface area contributed by atoms with Gasteiger partial charge in [0.2, 0.25) is 0 Å². The van der Waals surface area contributed by atoms with Crippen molar-refractivity contribution < 1.29 is 0 Å². The predicted molar refractivity (Wildman–Crippen MR) is 89.8 cm³/mol. The fraction of sp³-hybridized carbons (Fsp3) is 0.0556. The van der Waals surface area contributed by atoms with E-state index < -0.39 is 0 Å². The predicted octanol–water partition coefficient (Wildman–Crippen LogP) is 4.27. The molecule has 0 saturated carbocycles. The van der Waals surface area contributed by atoms with Crippen molar-refractivity contribution >= 4 is 22.8 Å². The summed E-state index contributed by atoms with van der Waals surface area (Å²) in [5.41, 5.74) is 6.30. The van der Waals surface area contributed by atoms with Crippen LogP contribution in [0, 0.1) is 0 Å². The van der Waals surface area contributed by atoms with Crippen molar-refractivity contribution in [3.63, 3.8) is 0 Å². The van der Waals surface area contributed by atoms with Crippen LogP contribution in [0.1, 0.15) is 5.56 Å². The highest BCUT2D eigenvalue weighted by molar-refractivity contribution is 5.99. The number of hydrogen-bond acceptors (Lipinski definition) is 2. The summed E-state index contributed by atoms with van der Waals surface area (Å²) < 4.78 is 2.17. The van der Waals surface area contributed by atoms with Crippen molar-refractivity contribution in [1.29, 1.82) is 0 Å². The van der Waals surface area contributed by atoms with E-state index in [4.69, 9.17) is 0 Å². The Kier molecular flexibility index (Phi) is 3.83. The minimum Gasteiger partial charge on any atom is -0.343 e. The van der Waals surface area contributed by atoms with Crippen LogP contribution >= 0.6 is 0 Å².